The van der Waals surface area contributed by atoms with E-state index >= 15 is 0 Å². The van der Waals surface area contributed by atoms with Crippen LogP contribution in [-0.2, 0) is 12.8 Å². The number of benzene rings is 2. The highest BCUT2D eigenvalue weighted by Gasteiger charge is 2.16. The third-order valence-electron chi connectivity index (χ3n) is 4.54. The largest absolute Gasteiger partial charge is 0.493 e. The number of aromatic nitrogens is 4. The number of thioether (sulfide) groups is 1. The van der Waals surface area contributed by atoms with E-state index in [4.69, 9.17) is 9.72 Å². The molecule has 0 spiro atoms. The van der Waals surface area contributed by atoms with Gasteiger partial charge in [-0.2, -0.15) is 0 Å². The number of thiazole rings is 1. The normalized spacial score (nSPS) is 11.0. The molecule has 4 aromatic rings. The molecule has 29 heavy (non-hydrogen) atoms. The average Bonchev–Trinajstić information content (AvgIpc) is 3.34. The van der Waals surface area contributed by atoms with Crippen molar-refractivity contribution in [3.8, 4) is 27.7 Å². The third kappa shape index (κ3) is 4.21. The number of para-hydroxylation sites is 1. The molecule has 4 rings (SSSR count). The van der Waals surface area contributed by atoms with Gasteiger partial charge in [0.1, 0.15) is 10.8 Å². The Hall–Kier alpha value is -2.64. The van der Waals surface area contributed by atoms with Crippen molar-refractivity contribution in [2.45, 2.75) is 24.8 Å². The summed E-state index contributed by atoms with van der Waals surface area (Å²) in [5.74, 6) is 2.38. The molecule has 2 aromatic carbocycles. The Morgan fingerprint density at radius 1 is 1.03 bits per heavy atom. The molecular formula is C22H22N4OS2. The monoisotopic (exact) mass is 422 g/mol. The van der Waals surface area contributed by atoms with Gasteiger partial charge >= 0.3 is 0 Å². The van der Waals surface area contributed by atoms with Gasteiger partial charge in [0.2, 0.25) is 0 Å². The maximum absolute atomic E-state index is 5.74. The second-order valence-corrected chi connectivity index (χ2v) is 8.34. The first-order valence-electron chi connectivity index (χ1n) is 9.42. The molecule has 0 radical (unpaired) electrons. The summed E-state index contributed by atoms with van der Waals surface area (Å²) in [4.78, 5) is 4.81. The summed E-state index contributed by atoms with van der Waals surface area (Å²) < 4.78 is 7.75. The maximum atomic E-state index is 5.74. The maximum Gasteiger partial charge on any atom is 0.191 e. The molecule has 0 saturated heterocycles. The zero-order valence-corrected chi connectivity index (χ0v) is 18.3. The number of hydrogen-bond donors (Lipinski definition) is 0. The van der Waals surface area contributed by atoms with E-state index in [0.717, 1.165) is 38.7 Å². The van der Waals surface area contributed by atoms with Crippen LogP contribution in [0.15, 0.2) is 59.1 Å². The molecule has 0 fully saturated rings. The summed E-state index contributed by atoms with van der Waals surface area (Å²) in [5, 5.41) is 12.8. The van der Waals surface area contributed by atoms with Gasteiger partial charge in [-0.05, 0) is 31.5 Å². The van der Waals surface area contributed by atoms with Crippen LogP contribution in [-0.4, -0.2) is 26.4 Å². The lowest BCUT2D eigenvalue weighted by Crippen LogP contribution is -1.99. The molecule has 0 saturated carbocycles. The van der Waals surface area contributed by atoms with Crippen molar-refractivity contribution in [2.75, 3.05) is 6.61 Å². The second kappa shape index (κ2) is 8.80. The zero-order chi connectivity index (χ0) is 20.2. The van der Waals surface area contributed by atoms with Crippen LogP contribution in [0, 0.1) is 6.92 Å². The smallest absolute Gasteiger partial charge is 0.191 e. The lowest BCUT2D eigenvalue weighted by Gasteiger charge is -2.09. The molecule has 2 heterocycles. The van der Waals surface area contributed by atoms with Gasteiger partial charge in [0.05, 0.1) is 17.9 Å². The van der Waals surface area contributed by atoms with Gasteiger partial charge < -0.3 is 9.30 Å². The number of rotatable bonds is 7. The minimum absolute atomic E-state index is 0.615. The minimum Gasteiger partial charge on any atom is -0.493 e. The van der Waals surface area contributed by atoms with E-state index in [-0.39, 0.29) is 0 Å². The predicted molar refractivity (Wildman–Crippen MR) is 119 cm³/mol. The van der Waals surface area contributed by atoms with Gasteiger partial charge in [-0.3, -0.25) is 0 Å². The van der Waals surface area contributed by atoms with Crippen LogP contribution in [0.3, 0.4) is 0 Å². The first-order chi connectivity index (χ1) is 14.2. The SMILES string of the molecule is CCOc1ccccc1-c1nnc(SCc2csc(-c3ccccc3C)n2)n1C. The Bertz CT molecular complexity index is 1120. The molecule has 0 atom stereocenters. The fourth-order valence-electron chi connectivity index (χ4n) is 3.06. The Kier molecular flexibility index (Phi) is 5.97. The number of hydrogen-bond acceptors (Lipinski definition) is 6. The summed E-state index contributed by atoms with van der Waals surface area (Å²) >= 11 is 3.32. The molecule has 0 N–H and O–H groups in total. The van der Waals surface area contributed by atoms with Crippen molar-refractivity contribution in [2.24, 2.45) is 7.05 Å². The molecule has 5 nitrogen and oxygen atoms in total. The fraction of sp³-hybridized carbons (Fsp3) is 0.227. The Labute approximate surface area is 178 Å². The molecule has 0 unspecified atom stereocenters. The lowest BCUT2D eigenvalue weighted by atomic mass is 10.1. The molecule has 0 aliphatic carbocycles. The molecule has 0 aliphatic heterocycles. The third-order valence-corrected chi connectivity index (χ3v) is 6.52. The number of ether oxygens (including phenoxy) is 1. The average molecular weight is 423 g/mol. The second-order valence-electron chi connectivity index (χ2n) is 6.54. The topological polar surface area (TPSA) is 52.8 Å². The van der Waals surface area contributed by atoms with E-state index in [0.29, 0.717) is 6.61 Å². The summed E-state index contributed by atoms with van der Waals surface area (Å²) in [5.41, 5.74) is 4.44. The van der Waals surface area contributed by atoms with Crippen LogP contribution in [0.5, 0.6) is 5.75 Å². The predicted octanol–water partition coefficient (Wildman–Crippen LogP) is 5.61. The lowest BCUT2D eigenvalue weighted by molar-refractivity contribution is 0.341. The molecule has 7 heteroatoms. The van der Waals surface area contributed by atoms with Crippen LogP contribution < -0.4 is 4.74 Å². The van der Waals surface area contributed by atoms with Crippen LogP contribution in [0.2, 0.25) is 0 Å². The van der Waals surface area contributed by atoms with Gasteiger partial charge in [-0.1, -0.05) is 48.2 Å². The van der Waals surface area contributed by atoms with Crippen molar-refractivity contribution in [3.63, 3.8) is 0 Å². The van der Waals surface area contributed by atoms with E-state index in [2.05, 4.69) is 46.8 Å². The van der Waals surface area contributed by atoms with Crippen LogP contribution in [0.1, 0.15) is 18.2 Å². The van der Waals surface area contributed by atoms with Crippen molar-refractivity contribution >= 4 is 23.1 Å². The van der Waals surface area contributed by atoms with Gasteiger partial charge in [0.15, 0.2) is 11.0 Å². The highest BCUT2D eigenvalue weighted by Crippen LogP contribution is 2.32. The Morgan fingerprint density at radius 2 is 1.79 bits per heavy atom. The minimum atomic E-state index is 0.615. The highest BCUT2D eigenvalue weighted by atomic mass is 32.2. The summed E-state index contributed by atoms with van der Waals surface area (Å²) in [6, 6.07) is 16.3. The van der Waals surface area contributed by atoms with E-state index in [1.54, 1.807) is 23.1 Å². The van der Waals surface area contributed by atoms with Gasteiger partial charge in [-0.25, -0.2) is 4.98 Å². The molecule has 0 amide bonds. The summed E-state index contributed by atoms with van der Waals surface area (Å²) in [7, 11) is 1.99. The van der Waals surface area contributed by atoms with E-state index in [1.165, 1.54) is 11.1 Å². The first kappa shape index (κ1) is 19.7. The standard InChI is InChI=1S/C22H22N4OS2/c1-4-27-19-12-8-7-11-18(19)20-24-25-22(26(20)3)29-14-16-13-28-21(23-16)17-10-6-5-9-15(17)2/h5-13H,4,14H2,1-3H3. The van der Waals surface area contributed by atoms with Crippen molar-refractivity contribution in [3.05, 3.63) is 65.2 Å². The Morgan fingerprint density at radius 3 is 2.59 bits per heavy atom. The van der Waals surface area contributed by atoms with Crippen molar-refractivity contribution < 1.29 is 4.74 Å². The molecule has 0 aliphatic rings. The molecule has 0 bridgehead atoms. The molecular weight excluding hydrogens is 400 g/mol. The molecule has 148 valence electrons. The number of nitrogens with zero attached hydrogens (tertiary/aromatic N) is 4. The summed E-state index contributed by atoms with van der Waals surface area (Å²) in [6.45, 7) is 4.71. The van der Waals surface area contributed by atoms with Gasteiger partial charge in [-0.15, -0.1) is 21.5 Å². The van der Waals surface area contributed by atoms with Crippen molar-refractivity contribution in [1.29, 1.82) is 0 Å². The highest BCUT2D eigenvalue weighted by molar-refractivity contribution is 7.98. The zero-order valence-electron chi connectivity index (χ0n) is 16.6. The molecule has 2 aromatic heterocycles. The van der Waals surface area contributed by atoms with E-state index < -0.39 is 0 Å². The first-order valence-corrected chi connectivity index (χ1v) is 11.3. The van der Waals surface area contributed by atoms with Crippen LogP contribution in [0.4, 0.5) is 0 Å². The van der Waals surface area contributed by atoms with Crippen LogP contribution in [0.25, 0.3) is 22.0 Å². The van der Waals surface area contributed by atoms with Crippen molar-refractivity contribution in [1.82, 2.24) is 19.7 Å². The summed E-state index contributed by atoms with van der Waals surface area (Å²) in [6.07, 6.45) is 0. The van der Waals surface area contributed by atoms with Gasteiger partial charge in [0, 0.05) is 23.7 Å². The Balaban J connectivity index is 1.51. The van der Waals surface area contributed by atoms with E-state index in [9.17, 15) is 0 Å². The van der Waals surface area contributed by atoms with E-state index in [1.807, 2.05) is 42.8 Å². The van der Waals surface area contributed by atoms with Gasteiger partial charge in [0.25, 0.3) is 0 Å². The quantitative estimate of drug-likeness (QED) is 0.363. The van der Waals surface area contributed by atoms with Crippen LogP contribution >= 0.6 is 23.1 Å². The number of aryl methyl sites for hydroxylation is 1. The fourth-order valence-corrected chi connectivity index (χ4v) is 4.87.